The predicted octanol–water partition coefficient (Wildman–Crippen LogP) is 0.512. The molecule has 0 saturated heterocycles. The van der Waals surface area contributed by atoms with Crippen LogP contribution in [0.5, 0.6) is 0 Å². The molecule has 0 aliphatic rings. The Kier molecular flexibility index (Phi) is 9.67. The summed E-state index contributed by atoms with van der Waals surface area (Å²) in [4.78, 5) is 21.2. The zero-order chi connectivity index (χ0) is 9.56. The minimum absolute atomic E-state index is 0. The fraction of sp³-hybridized carbons (Fsp3) is 0.250. The summed E-state index contributed by atoms with van der Waals surface area (Å²) in [6, 6.07) is 0. The van der Waals surface area contributed by atoms with Crippen molar-refractivity contribution >= 4 is 49.9 Å². The average molecular weight is 212 g/mol. The number of carbonyl (C=O) groups excluding carboxylic acids is 2. The van der Waals surface area contributed by atoms with E-state index < -0.39 is 12.1 Å². The maximum atomic E-state index is 10.7. The van der Waals surface area contributed by atoms with E-state index in [0.717, 1.165) is 0 Å². The van der Waals surface area contributed by atoms with Gasteiger partial charge in [-0.15, -0.1) is 0 Å². The van der Waals surface area contributed by atoms with Crippen LogP contribution in [0.15, 0.2) is 24.8 Å². The van der Waals surface area contributed by atoms with Gasteiger partial charge >= 0.3 is 49.9 Å². The number of ether oxygens (including phenoxy) is 2. The Balaban J connectivity index is 0. The van der Waals surface area contributed by atoms with Crippen LogP contribution in [0.3, 0.4) is 0 Å². The molecule has 0 aromatic heterocycles. The first-order valence-corrected chi connectivity index (χ1v) is 3.23. The summed E-state index contributed by atoms with van der Waals surface area (Å²) in [5.74, 6) is -0.788. The van der Waals surface area contributed by atoms with Crippen molar-refractivity contribution in [1.82, 2.24) is 0 Å². The van der Waals surface area contributed by atoms with Gasteiger partial charge in [0.25, 0.3) is 0 Å². The molecule has 0 saturated carbocycles. The van der Waals surface area contributed by atoms with Crippen LogP contribution < -0.4 is 0 Å². The Morgan fingerprint density at radius 1 is 1.46 bits per heavy atom. The summed E-state index contributed by atoms with van der Waals surface area (Å²) in [6.45, 7) is 8.05. The maximum absolute atomic E-state index is 10.7. The fourth-order valence-corrected chi connectivity index (χ4v) is 0.319. The van der Waals surface area contributed by atoms with E-state index in [4.69, 9.17) is 0 Å². The molecule has 4 nitrogen and oxygen atoms in total. The first-order chi connectivity index (χ1) is 5.57. The molecule has 0 atom stereocenters. The van der Waals surface area contributed by atoms with Crippen LogP contribution >= 0.6 is 0 Å². The molecular weight excluding hydrogens is 200 g/mol. The van der Waals surface area contributed by atoms with Crippen molar-refractivity contribution < 1.29 is 19.1 Å². The van der Waals surface area contributed by atoms with E-state index in [1.165, 1.54) is 13.0 Å². The molecule has 0 aliphatic heterocycles. The Hall–Kier alpha value is -0.320. The first-order valence-electron chi connectivity index (χ1n) is 3.23. The van der Waals surface area contributed by atoms with E-state index in [1.54, 1.807) is 0 Å². The van der Waals surface area contributed by atoms with Crippen LogP contribution in [0.2, 0.25) is 0 Å². The Labute approximate surface area is 107 Å². The van der Waals surface area contributed by atoms with Gasteiger partial charge in [-0.25, -0.2) is 9.59 Å². The summed E-state index contributed by atoms with van der Waals surface area (Å²) < 4.78 is 8.54. The van der Waals surface area contributed by atoms with Crippen molar-refractivity contribution in [1.29, 1.82) is 0 Å². The summed E-state index contributed by atoms with van der Waals surface area (Å²) in [5.41, 5.74) is 0.144. The average Bonchev–Trinajstić information content (AvgIpc) is 2.00. The van der Waals surface area contributed by atoms with Gasteiger partial charge in [0.15, 0.2) is 0 Å². The van der Waals surface area contributed by atoms with Gasteiger partial charge in [0, 0.05) is 5.57 Å². The molecule has 5 heteroatoms. The molecule has 0 bridgehead atoms. The Morgan fingerprint density at radius 3 is 2.38 bits per heavy atom. The third-order valence-corrected chi connectivity index (χ3v) is 0.844. The second-order valence-electron chi connectivity index (χ2n) is 2.02. The van der Waals surface area contributed by atoms with E-state index in [2.05, 4.69) is 22.6 Å². The quantitative estimate of drug-likeness (QED) is 0.225. The van der Waals surface area contributed by atoms with Crippen molar-refractivity contribution in [3.05, 3.63) is 24.8 Å². The molecule has 0 radical (unpaired) electrons. The topological polar surface area (TPSA) is 52.6 Å². The van der Waals surface area contributed by atoms with Crippen LogP contribution in [0.25, 0.3) is 0 Å². The van der Waals surface area contributed by atoms with Crippen LogP contribution in [-0.2, 0) is 14.3 Å². The second-order valence-corrected chi connectivity index (χ2v) is 2.02. The first kappa shape index (κ1) is 15.2. The molecule has 0 N–H and O–H groups in total. The zero-order valence-electron chi connectivity index (χ0n) is 6.83. The van der Waals surface area contributed by atoms with Crippen LogP contribution in [-0.4, -0.2) is 56.5 Å². The van der Waals surface area contributed by atoms with Gasteiger partial charge in [-0.05, 0) is 6.92 Å². The molecule has 70 valence electrons. The Morgan fingerprint density at radius 2 is 2.00 bits per heavy atom. The van der Waals surface area contributed by atoms with Gasteiger partial charge < -0.3 is 9.47 Å². The number of carbonyl (C=O) groups is 2. The summed E-state index contributed by atoms with van der Waals surface area (Å²) in [5, 5.41) is 0. The van der Waals surface area contributed by atoms with Crippen molar-refractivity contribution in [3.63, 3.8) is 0 Å². The number of esters is 1. The van der Waals surface area contributed by atoms with Crippen LogP contribution in [0, 0.1) is 0 Å². The van der Waals surface area contributed by atoms with Gasteiger partial charge in [-0.2, -0.15) is 0 Å². The van der Waals surface area contributed by atoms with E-state index >= 15 is 0 Å². The molecule has 0 fully saturated rings. The van der Waals surface area contributed by atoms with Gasteiger partial charge in [0.1, 0.15) is 6.61 Å². The molecule has 0 amide bonds. The van der Waals surface area contributed by atoms with Gasteiger partial charge in [-0.3, -0.25) is 0 Å². The van der Waals surface area contributed by atoms with Crippen LogP contribution in [0.4, 0.5) is 4.79 Å². The van der Waals surface area contributed by atoms with Crippen molar-refractivity contribution in [2.45, 2.75) is 6.92 Å². The predicted molar refractivity (Wildman–Crippen MR) is 51.0 cm³/mol. The SMILES string of the molecule is C=CCOC(=O)OC(=O)C(=C)C.[CaH2]. The molecule has 0 aromatic rings. The third kappa shape index (κ3) is 8.02. The Bertz CT molecular complexity index is 222. The molecule has 0 spiro atoms. The standard InChI is InChI=1S/C8H10O4.Ca.2H/c1-4-5-11-8(10)12-7(9)6(2)3;;;/h4H,1-2,5H2,3H3;;;. The second kappa shape index (κ2) is 8.29. The monoisotopic (exact) mass is 212 g/mol. The fourth-order valence-electron chi connectivity index (χ4n) is 0.319. The molecule has 13 heavy (non-hydrogen) atoms. The van der Waals surface area contributed by atoms with Gasteiger partial charge in [0.05, 0.1) is 0 Å². The van der Waals surface area contributed by atoms with Gasteiger partial charge in [-0.1, -0.05) is 19.2 Å². The zero-order valence-corrected chi connectivity index (χ0v) is 6.83. The summed E-state index contributed by atoms with van der Waals surface area (Å²) >= 11 is 0. The van der Waals surface area contributed by atoms with E-state index in [0.29, 0.717) is 0 Å². The number of rotatable bonds is 3. The van der Waals surface area contributed by atoms with E-state index in [-0.39, 0.29) is 49.9 Å². The number of hydrogen-bond acceptors (Lipinski definition) is 4. The van der Waals surface area contributed by atoms with Gasteiger partial charge in [0.2, 0.25) is 0 Å². The van der Waals surface area contributed by atoms with E-state index in [9.17, 15) is 9.59 Å². The minimum atomic E-state index is -1.04. The van der Waals surface area contributed by atoms with E-state index in [1.807, 2.05) is 0 Å². The molecule has 0 heterocycles. The summed E-state index contributed by atoms with van der Waals surface area (Å²) in [6.07, 6.45) is 0.329. The summed E-state index contributed by atoms with van der Waals surface area (Å²) in [7, 11) is 0. The van der Waals surface area contributed by atoms with Crippen molar-refractivity contribution in [3.8, 4) is 0 Å². The van der Waals surface area contributed by atoms with Crippen LogP contribution in [0.1, 0.15) is 6.92 Å². The molecule has 0 aliphatic carbocycles. The van der Waals surface area contributed by atoms with Crippen molar-refractivity contribution in [2.75, 3.05) is 6.61 Å². The number of hydrogen-bond donors (Lipinski definition) is 0. The third-order valence-electron chi connectivity index (χ3n) is 0.844. The molecular formula is C8H12CaO4. The molecule has 0 aromatic carbocycles. The van der Waals surface area contributed by atoms with Crippen molar-refractivity contribution in [2.24, 2.45) is 0 Å². The normalized spacial score (nSPS) is 7.77. The molecule has 0 rings (SSSR count). The molecule has 0 unspecified atom stereocenters.